The molecule has 2 aliphatic rings. The Hall–Kier alpha value is -2.94. The van der Waals surface area contributed by atoms with Crippen LogP contribution >= 0.6 is 23.2 Å². The summed E-state index contributed by atoms with van der Waals surface area (Å²) in [5.74, 6) is -2.68. The molecule has 0 aliphatic carbocycles. The number of benzene rings is 2. The molecular weight excluding hydrogens is 510 g/mol. The fraction of sp³-hybridized carbons (Fsp3) is 0.346. The van der Waals surface area contributed by atoms with E-state index < -0.39 is 11.9 Å². The van der Waals surface area contributed by atoms with Gasteiger partial charge < -0.3 is 20.4 Å². The van der Waals surface area contributed by atoms with Gasteiger partial charge in [-0.15, -0.1) is 0 Å². The first-order valence-electron chi connectivity index (χ1n) is 11.5. The highest BCUT2D eigenvalue weighted by Gasteiger charge is 2.48. The Morgan fingerprint density at radius 1 is 1.03 bits per heavy atom. The molecule has 0 radical (unpaired) electrons. The van der Waals surface area contributed by atoms with Crippen molar-refractivity contribution in [1.82, 2.24) is 10.2 Å². The van der Waals surface area contributed by atoms with E-state index in [0.29, 0.717) is 35.3 Å². The molecule has 0 spiro atoms. The van der Waals surface area contributed by atoms with Gasteiger partial charge in [0.05, 0.1) is 0 Å². The Morgan fingerprint density at radius 3 is 2.11 bits per heavy atom. The number of hydrogen-bond donors (Lipinski definition) is 3. The monoisotopic (exact) mass is 536 g/mol. The van der Waals surface area contributed by atoms with E-state index in [9.17, 15) is 18.8 Å². The minimum Gasteiger partial charge on any atom is -0.478 e. The second-order valence-corrected chi connectivity index (χ2v) is 9.67. The molecule has 0 saturated carbocycles. The van der Waals surface area contributed by atoms with Gasteiger partial charge in [-0.3, -0.25) is 4.79 Å². The second kappa shape index (κ2) is 12.3. The zero-order valence-electron chi connectivity index (χ0n) is 19.4. The summed E-state index contributed by atoms with van der Waals surface area (Å²) in [5.41, 5.74) is 1.77. The first kappa shape index (κ1) is 27.6. The van der Waals surface area contributed by atoms with Crippen molar-refractivity contribution < 1.29 is 29.0 Å². The molecular formula is C26H27Cl2FN2O5. The molecule has 2 fully saturated rings. The van der Waals surface area contributed by atoms with Gasteiger partial charge in [0.2, 0.25) is 5.91 Å². The summed E-state index contributed by atoms with van der Waals surface area (Å²) in [6.07, 6.45) is 3.69. The van der Waals surface area contributed by atoms with Crippen LogP contribution in [0.2, 0.25) is 10.0 Å². The van der Waals surface area contributed by atoms with Gasteiger partial charge in [0.25, 0.3) is 0 Å². The van der Waals surface area contributed by atoms with Crippen LogP contribution in [-0.4, -0.2) is 52.6 Å². The van der Waals surface area contributed by atoms with Gasteiger partial charge in [0.15, 0.2) is 0 Å². The Bertz CT molecular complexity index is 1100. The van der Waals surface area contributed by atoms with Crippen LogP contribution in [0.3, 0.4) is 0 Å². The summed E-state index contributed by atoms with van der Waals surface area (Å²) >= 11 is 12.2. The van der Waals surface area contributed by atoms with Gasteiger partial charge in [-0.05, 0) is 73.8 Å². The molecule has 36 heavy (non-hydrogen) atoms. The van der Waals surface area contributed by atoms with Gasteiger partial charge in [-0.25, -0.2) is 14.0 Å². The fourth-order valence-corrected chi connectivity index (χ4v) is 5.54. The minimum absolute atomic E-state index is 0.0882. The Labute approximate surface area is 218 Å². The molecule has 2 aromatic carbocycles. The Balaban J connectivity index is 0.000000392. The molecule has 2 saturated heterocycles. The fourth-order valence-electron chi connectivity index (χ4n) is 4.97. The predicted molar refractivity (Wildman–Crippen MR) is 135 cm³/mol. The van der Waals surface area contributed by atoms with Crippen molar-refractivity contribution in [1.29, 1.82) is 0 Å². The van der Waals surface area contributed by atoms with Gasteiger partial charge in [0, 0.05) is 46.6 Å². The molecule has 0 aromatic heterocycles. The van der Waals surface area contributed by atoms with Crippen molar-refractivity contribution in [2.75, 3.05) is 19.6 Å². The van der Waals surface area contributed by atoms with Crippen LogP contribution in [0.5, 0.6) is 0 Å². The molecule has 0 bridgehead atoms. The maximum atomic E-state index is 13.5. The van der Waals surface area contributed by atoms with Gasteiger partial charge in [-0.1, -0.05) is 35.3 Å². The number of carboxylic acids is 2. The Kier molecular flexibility index (Phi) is 9.48. The number of nitrogens with one attached hydrogen (secondary N) is 1. The van der Waals surface area contributed by atoms with Crippen LogP contribution in [0, 0.1) is 11.7 Å². The lowest BCUT2D eigenvalue weighted by molar-refractivity contribution is -0.134. The van der Waals surface area contributed by atoms with Crippen LogP contribution < -0.4 is 5.32 Å². The summed E-state index contributed by atoms with van der Waals surface area (Å²) in [5, 5.41) is 20.2. The number of rotatable bonds is 6. The van der Waals surface area contributed by atoms with Crippen molar-refractivity contribution in [2.24, 2.45) is 5.92 Å². The summed E-state index contributed by atoms with van der Waals surface area (Å²) in [6.45, 7) is 2.95. The summed E-state index contributed by atoms with van der Waals surface area (Å²) in [7, 11) is 0. The molecule has 4 rings (SSSR count). The molecule has 3 N–H and O–H groups in total. The largest absolute Gasteiger partial charge is 0.478 e. The molecule has 1 unspecified atom stereocenters. The van der Waals surface area contributed by atoms with Crippen molar-refractivity contribution >= 4 is 41.0 Å². The zero-order chi connectivity index (χ0) is 26.3. The number of halogens is 3. The maximum Gasteiger partial charge on any atom is 0.328 e. The number of hydrogen-bond acceptors (Lipinski definition) is 4. The molecule has 7 nitrogen and oxygen atoms in total. The van der Waals surface area contributed by atoms with E-state index in [1.807, 2.05) is 29.2 Å². The highest BCUT2D eigenvalue weighted by molar-refractivity contribution is 6.34. The number of carbonyl (C=O) groups is 3. The highest BCUT2D eigenvalue weighted by atomic mass is 35.5. The molecule has 1 atom stereocenters. The van der Waals surface area contributed by atoms with Gasteiger partial charge in [-0.2, -0.15) is 0 Å². The van der Waals surface area contributed by atoms with Crippen molar-refractivity contribution in [2.45, 2.75) is 31.2 Å². The van der Waals surface area contributed by atoms with Crippen LogP contribution in [-0.2, 0) is 26.3 Å². The first-order valence-corrected chi connectivity index (χ1v) is 12.2. The van der Waals surface area contributed by atoms with E-state index in [-0.39, 0.29) is 23.1 Å². The molecule has 192 valence electrons. The second-order valence-electron chi connectivity index (χ2n) is 8.80. The molecule has 10 heteroatoms. The first-order chi connectivity index (χ1) is 17.1. The number of nitrogens with zero attached hydrogens (tertiary/aromatic N) is 1. The number of piperidine rings is 1. The van der Waals surface area contributed by atoms with E-state index in [1.165, 1.54) is 12.1 Å². The third-order valence-electron chi connectivity index (χ3n) is 6.54. The lowest BCUT2D eigenvalue weighted by Gasteiger charge is -2.42. The summed E-state index contributed by atoms with van der Waals surface area (Å²) < 4.78 is 13.5. The van der Waals surface area contributed by atoms with Crippen LogP contribution in [0.1, 0.15) is 30.4 Å². The van der Waals surface area contributed by atoms with E-state index in [1.54, 1.807) is 6.07 Å². The van der Waals surface area contributed by atoms with E-state index in [4.69, 9.17) is 33.4 Å². The predicted octanol–water partition coefficient (Wildman–Crippen LogP) is 4.51. The summed E-state index contributed by atoms with van der Waals surface area (Å²) in [6, 6.07) is 12.1. The molecule has 1 amide bonds. The SMILES string of the molecule is O=C(O)/C=C/C(=O)O.O=C1C(C2(c3ccc(F)cc3)CCNCC2)CCN1Cc1cc(Cl)cc(Cl)c1. The maximum absolute atomic E-state index is 13.5. The molecule has 2 aliphatic heterocycles. The quantitative estimate of drug-likeness (QED) is 0.468. The topological polar surface area (TPSA) is 107 Å². The highest BCUT2D eigenvalue weighted by Crippen LogP contribution is 2.45. The third-order valence-corrected chi connectivity index (χ3v) is 6.98. The third kappa shape index (κ3) is 7.06. The lowest BCUT2D eigenvalue weighted by atomic mass is 9.64. The number of amides is 1. The molecule has 2 heterocycles. The Morgan fingerprint density at radius 2 is 1.58 bits per heavy atom. The number of aliphatic carboxylic acids is 2. The lowest BCUT2D eigenvalue weighted by Crippen LogP contribution is -2.47. The van der Waals surface area contributed by atoms with Crippen LogP contribution in [0.15, 0.2) is 54.6 Å². The number of carboxylic acid groups (broad SMARTS) is 2. The van der Waals surface area contributed by atoms with E-state index >= 15 is 0 Å². The van der Waals surface area contributed by atoms with Crippen LogP contribution in [0.4, 0.5) is 4.39 Å². The van der Waals surface area contributed by atoms with E-state index in [0.717, 1.165) is 43.5 Å². The summed E-state index contributed by atoms with van der Waals surface area (Å²) in [4.78, 5) is 34.4. The number of carbonyl (C=O) groups excluding carboxylic acids is 1. The average Bonchev–Trinajstić information content (AvgIpc) is 3.19. The van der Waals surface area contributed by atoms with Gasteiger partial charge in [0.1, 0.15) is 5.82 Å². The molecule has 2 aromatic rings. The number of likely N-dealkylation sites (tertiary alicyclic amines) is 1. The van der Waals surface area contributed by atoms with E-state index in [2.05, 4.69) is 5.32 Å². The van der Waals surface area contributed by atoms with Crippen LogP contribution in [0.25, 0.3) is 0 Å². The smallest absolute Gasteiger partial charge is 0.328 e. The normalized spacial score (nSPS) is 19.1. The van der Waals surface area contributed by atoms with Crippen molar-refractivity contribution in [3.63, 3.8) is 0 Å². The minimum atomic E-state index is -1.26. The van der Waals surface area contributed by atoms with Crippen molar-refractivity contribution in [3.8, 4) is 0 Å². The van der Waals surface area contributed by atoms with Gasteiger partial charge >= 0.3 is 11.9 Å². The van der Waals surface area contributed by atoms with Crippen molar-refractivity contribution in [3.05, 3.63) is 81.6 Å². The standard InChI is InChI=1S/C22H23Cl2FN2O.C4H4O4/c23-17-11-15(12-18(24)13-17)14-27-10-5-20(21(27)28)22(6-8-26-9-7-22)16-1-3-19(25)4-2-16;5-3(6)1-2-4(7)8/h1-4,11-13,20,26H,5-10,14H2;1-2H,(H,5,6)(H,7,8)/b;2-1+. The zero-order valence-corrected chi connectivity index (χ0v) is 20.9. The average molecular weight is 537 g/mol.